The first kappa shape index (κ1) is 16.7. The number of pyridine rings is 1. The van der Waals surface area contributed by atoms with Gasteiger partial charge < -0.3 is 9.64 Å². The molecule has 0 aliphatic rings. The van der Waals surface area contributed by atoms with Crippen LogP contribution in [0.25, 0.3) is 10.9 Å². The van der Waals surface area contributed by atoms with Gasteiger partial charge in [-0.1, -0.05) is 24.3 Å². The lowest BCUT2D eigenvalue weighted by Crippen LogP contribution is -2.03. The molecule has 0 fully saturated rings. The van der Waals surface area contributed by atoms with E-state index < -0.39 is 0 Å². The van der Waals surface area contributed by atoms with Gasteiger partial charge in [0, 0.05) is 37.3 Å². The van der Waals surface area contributed by atoms with Crippen LogP contribution in [0, 0.1) is 0 Å². The molecule has 1 aromatic heterocycles. The molecule has 0 saturated heterocycles. The first-order chi connectivity index (χ1) is 12.1. The first-order valence-corrected chi connectivity index (χ1v) is 8.08. The van der Waals surface area contributed by atoms with E-state index in [4.69, 9.17) is 4.74 Å². The molecule has 0 bridgehead atoms. The zero-order valence-electron chi connectivity index (χ0n) is 14.3. The van der Waals surface area contributed by atoms with Crippen LogP contribution in [-0.2, 0) is 6.61 Å². The second kappa shape index (κ2) is 7.62. The van der Waals surface area contributed by atoms with Crippen molar-refractivity contribution in [3.8, 4) is 5.75 Å². The fourth-order valence-corrected chi connectivity index (χ4v) is 2.37. The molecular formula is C21H20N2O2. The third-order valence-corrected chi connectivity index (χ3v) is 3.71. The highest BCUT2D eigenvalue weighted by molar-refractivity contribution is 6.04. The van der Waals surface area contributed by atoms with Crippen molar-refractivity contribution in [1.29, 1.82) is 0 Å². The number of hydrogen-bond acceptors (Lipinski definition) is 4. The Morgan fingerprint density at radius 2 is 1.80 bits per heavy atom. The van der Waals surface area contributed by atoms with E-state index in [2.05, 4.69) is 4.98 Å². The van der Waals surface area contributed by atoms with Gasteiger partial charge in [0.2, 0.25) is 0 Å². The summed E-state index contributed by atoms with van der Waals surface area (Å²) >= 11 is 0. The maximum absolute atomic E-state index is 12.0. The Labute approximate surface area is 147 Å². The molecule has 1 heterocycles. The summed E-state index contributed by atoms with van der Waals surface area (Å²) in [7, 11) is 3.75. The molecule has 0 saturated carbocycles. The number of rotatable bonds is 6. The molecule has 2 aromatic carbocycles. The second-order valence-electron chi connectivity index (χ2n) is 5.95. The number of fused-ring (bicyclic) bond motifs is 1. The van der Waals surface area contributed by atoms with E-state index in [1.165, 1.54) is 0 Å². The van der Waals surface area contributed by atoms with Gasteiger partial charge in [0.05, 0.1) is 11.2 Å². The standard InChI is InChI=1S/C21H20N2O2/c1-23(2)14-13-21(24)17-8-11-19(12-9-17)25-15-18-10-7-16-5-3-4-6-20(16)22-18/h3-14H,15H2,1-2H3. The predicted octanol–water partition coefficient (Wildman–Crippen LogP) is 4.07. The Kier molecular flexibility index (Phi) is 5.09. The van der Waals surface area contributed by atoms with E-state index in [1.807, 2.05) is 55.4 Å². The summed E-state index contributed by atoms with van der Waals surface area (Å²) in [4.78, 5) is 18.4. The molecule has 0 amide bonds. The number of hydrogen-bond donors (Lipinski definition) is 0. The van der Waals surface area contributed by atoms with Crippen molar-refractivity contribution in [2.45, 2.75) is 6.61 Å². The number of allylic oxidation sites excluding steroid dienone is 1. The summed E-state index contributed by atoms with van der Waals surface area (Å²) in [6.07, 6.45) is 3.28. The molecule has 0 N–H and O–H groups in total. The average molecular weight is 332 g/mol. The number of aromatic nitrogens is 1. The number of para-hydroxylation sites is 1. The fraction of sp³-hybridized carbons (Fsp3) is 0.143. The Bertz CT molecular complexity index is 899. The van der Waals surface area contributed by atoms with Crippen LogP contribution >= 0.6 is 0 Å². The molecule has 0 atom stereocenters. The molecule has 3 rings (SSSR count). The summed E-state index contributed by atoms with van der Waals surface area (Å²) in [6, 6.07) is 19.1. The minimum absolute atomic E-state index is 0.0311. The Balaban J connectivity index is 1.64. The van der Waals surface area contributed by atoms with Crippen LogP contribution in [0.1, 0.15) is 16.1 Å². The average Bonchev–Trinajstić information content (AvgIpc) is 2.64. The molecule has 0 aliphatic heterocycles. The van der Waals surface area contributed by atoms with E-state index in [1.54, 1.807) is 36.5 Å². The predicted molar refractivity (Wildman–Crippen MR) is 99.7 cm³/mol. The quantitative estimate of drug-likeness (QED) is 0.504. The highest BCUT2D eigenvalue weighted by Gasteiger charge is 2.03. The van der Waals surface area contributed by atoms with Gasteiger partial charge in [-0.25, -0.2) is 4.98 Å². The molecule has 3 aromatic rings. The number of carbonyl (C=O) groups is 1. The molecule has 0 aliphatic carbocycles. The number of benzene rings is 2. The van der Waals surface area contributed by atoms with Crippen LogP contribution in [0.2, 0.25) is 0 Å². The zero-order valence-corrected chi connectivity index (χ0v) is 14.3. The van der Waals surface area contributed by atoms with Crippen LogP contribution in [0.3, 0.4) is 0 Å². The third-order valence-electron chi connectivity index (χ3n) is 3.71. The topological polar surface area (TPSA) is 42.4 Å². The molecule has 25 heavy (non-hydrogen) atoms. The summed E-state index contributed by atoms with van der Waals surface area (Å²) in [5.74, 6) is 0.680. The molecule has 126 valence electrons. The van der Waals surface area contributed by atoms with E-state index in [9.17, 15) is 4.79 Å². The van der Waals surface area contributed by atoms with Crippen molar-refractivity contribution in [3.05, 3.63) is 84.2 Å². The number of ether oxygens (including phenoxy) is 1. The number of nitrogens with zero attached hydrogens (tertiary/aromatic N) is 2. The smallest absolute Gasteiger partial charge is 0.187 e. The Morgan fingerprint density at radius 1 is 1.04 bits per heavy atom. The maximum atomic E-state index is 12.0. The summed E-state index contributed by atoms with van der Waals surface area (Å²) in [6.45, 7) is 0.388. The van der Waals surface area contributed by atoms with E-state index >= 15 is 0 Å². The van der Waals surface area contributed by atoms with Crippen molar-refractivity contribution < 1.29 is 9.53 Å². The monoisotopic (exact) mass is 332 g/mol. The van der Waals surface area contributed by atoms with Crippen molar-refractivity contribution >= 4 is 16.7 Å². The number of ketones is 1. The largest absolute Gasteiger partial charge is 0.487 e. The normalized spacial score (nSPS) is 11.0. The molecule has 4 nitrogen and oxygen atoms in total. The summed E-state index contributed by atoms with van der Waals surface area (Å²) in [5.41, 5.74) is 2.46. The van der Waals surface area contributed by atoms with E-state index in [0.717, 1.165) is 16.6 Å². The first-order valence-electron chi connectivity index (χ1n) is 8.08. The van der Waals surface area contributed by atoms with Crippen molar-refractivity contribution in [1.82, 2.24) is 9.88 Å². The maximum Gasteiger partial charge on any atom is 0.187 e. The molecule has 0 unspecified atom stereocenters. The van der Waals surface area contributed by atoms with Crippen LogP contribution in [0.15, 0.2) is 72.9 Å². The minimum Gasteiger partial charge on any atom is -0.487 e. The van der Waals surface area contributed by atoms with Gasteiger partial charge in [-0.2, -0.15) is 0 Å². The minimum atomic E-state index is -0.0311. The molecule has 0 radical (unpaired) electrons. The number of carbonyl (C=O) groups excluding carboxylic acids is 1. The molecule has 0 spiro atoms. The van der Waals surface area contributed by atoms with Gasteiger partial charge in [-0.15, -0.1) is 0 Å². The van der Waals surface area contributed by atoms with Gasteiger partial charge >= 0.3 is 0 Å². The zero-order chi connectivity index (χ0) is 17.6. The van der Waals surface area contributed by atoms with Gasteiger partial charge in [0.1, 0.15) is 12.4 Å². The summed E-state index contributed by atoms with van der Waals surface area (Å²) < 4.78 is 5.77. The van der Waals surface area contributed by atoms with Crippen LogP contribution in [-0.4, -0.2) is 29.8 Å². The fourth-order valence-electron chi connectivity index (χ4n) is 2.37. The van der Waals surface area contributed by atoms with Crippen LogP contribution in [0.4, 0.5) is 0 Å². The van der Waals surface area contributed by atoms with Gasteiger partial charge in [0.15, 0.2) is 5.78 Å². The van der Waals surface area contributed by atoms with E-state index in [-0.39, 0.29) is 5.78 Å². The van der Waals surface area contributed by atoms with E-state index in [0.29, 0.717) is 17.9 Å². The highest BCUT2D eigenvalue weighted by Crippen LogP contribution is 2.16. The summed E-state index contributed by atoms with van der Waals surface area (Å²) in [5, 5.41) is 1.11. The highest BCUT2D eigenvalue weighted by atomic mass is 16.5. The molecule has 4 heteroatoms. The Hall–Kier alpha value is -3.14. The molecular weight excluding hydrogens is 312 g/mol. The second-order valence-corrected chi connectivity index (χ2v) is 5.95. The lowest BCUT2D eigenvalue weighted by molar-refractivity contribution is 0.104. The van der Waals surface area contributed by atoms with Gasteiger partial charge in [-0.05, 0) is 36.4 Å². The van der Waals surface area contributed by atoms with Crippen molar-refractivity contribution in [2.24, 2.45) is 0 Å². The van der Waals surface area contributed by atoms with Crippen LogP contribution < -0.4 is 4.74 Å². The Morgan fingerprint density at radius 3 is 2.56 bits per heavy atom. The van der Waals surface area contributed by atoms with Gasteiger partial charge in [0.25, 0.3) is 0 Å². The third kappa shape index (κ3) is 4.44. The SMILES string of the molecule is CN(C)C=CC(=O)c1ccc(OCc2ccc3ccccc3n2)cc1. The van der Waals surface area contributed by atoms with Crippen molar-refractivity contribution in [2.75, 3.05) is 14.1 Å². The van der Waals surface area contributed by atoms with Crippen LogP contribution in [0.5, 0.6) is 5.75 Å². The van der Waals surface area contributed by atoms with Crippen molar-refractivity contribution in [3.63, 3.8) is 0 Å². The lowest BCUT2D eigenvalue weighted by Gasteiger charge is -2.07. The lowest BCUT2D eigenvalue weighted by atomic mass is 10.1. The van der Waals surface area contributed by atoms with Gasteiger partial charge in [-0.3, -0.25) is 4.79 Å².